The second-order valence-corrected chi connectivity index (χ2v) is 6.84. The van der Waals surface area contributed by atoms with E-state index in [0.717, 1.165) is 11.3 Å². The summed E-state index contributed by atoms with van der Waals surface area (Å²) in [6, 6.07) is -0.407. The predicted octanol–water partition coefficient (Wildman–Crippen LogP) is 0.659. The Hall–Kier alpha value is -1.26. The Bertz CT molecular complexity index is 716. The van der Waals surface area contributed by atoms with E-state index in [2.05, 4.69) is 36.1 Å². The zero-order valence-electron chi connectivity index (χ0n) is 11.5. The SMILES string of the molecule is Cc1c(C(C)NS(=O)(=O)c2c(Br)nnn2C)cnn1C. The molecular formula is C10H15BrN6O2S. The molecule has 10 heteroatoms. The van der Waals surface area contributed by atoms with Crippen molar-refractivity contribution in [2.45, 2.75) is 24.9 Å². The van der Waals surface area contributed by atoms with Crippen molar-refractivity contribution in [2.75, 3.05) is 0 Å². The van der Waals surface area contributed by atoms with Gasteiger partial charge in [-0.25, -0.2) is 17.8 Å². The number of halogens is 1. The zero-order valence-corrected chi connectivity index (χ0v) is 13.9. The maximum absolute atomic E-state index is 12.4. The van der Waals surface area contributed by atoms with E-state index in [-0.39, 0.29) is 9.63 Å². The second-order valence-electron chi connectivity index (χ2n) is 4.46. The lowest BCUT2D eigenvalue weighted by atomic mass is 10.1. The van der Waals surface area contributed by atoms with E-state index in [1.807, 2.05) is 14.0 Å². The first kappa shape index (κ1) is 15.1. The molecule has 20 heavy (non-hydrogen) atoms. The fourth-order valence-corrected chi connectivity index (χ4v) is 4.22. The van der Waals surface area contributed by atoms with Crippen LogP contribution < -0.4 is 4.72 Å². The number of nitrogens with one attached hydrogen (secondary N) is 1. The minimum atomic E-state index is -3.73. The van der Waals surface area contributed by atoms with Crippen LogP contribution in [0.15, 0.2) is 15.8 Å². The van der Waals surface area contributed by atoms with E-state index >= 15 is 0 Å². The van der Waals surface area contributed by atoms with Gasteiger partial charge < -0.3 is 0 Å². The van der Waals surface area contributed by atoms with Crippen LogP contribution in [-0.2, 0) is 24.1 Å². The van der Waals surface area contributed by atoms with Crippen molar-refractivity contribution in [3.63, 3.8) is 0 Å². The molecule has 2 aromatic heterocycles. The lowest BCUT2D eigenvalue weighted by molar-refractivity contribution is 0.547. The van der Waals surface area contributed by atoms with Gasteiger partial charge in [-0.05, 0) is 29.8 Å². The van der Waals surface area contributed by atoms with Gasteiger partial charge in [-0.3, -0.25) is 4.68 Å². The topological polar surface area (TPSA) is 94.7 Å². The molecule has 0 saturated heterocycles. The summed E-state index contributed by atoms with van der Waals surface area (Å²) in [5.74, 6) is 0. The Labute approximate surface area is 125 Å². The van der Waals surface area contributed by atoms with Gasteiger partial charge in [0.05, 0.1) is 6.20 Å². The molecule has 0 aliphatic heterocycles. The molecule has 2 heterocycles. The molecule has 1 unspecified atom stereocenters. The van der Waals surface area contributed by atoms with Gasteiger partial charge in [0.15, 0.2) is 4.60 Å². The van der Waals surface area contributed by atoms with Crippen molar-refractivity contribution in [2.24, 2.45) is 14.1 Å². The summed E-state index contributed by atoms with van der Waals surface area (Å²) < 4.78 is 30.4. The molecular weight excluding hydrogens is 348 g/mol. The van der Waals surface area contributed by atoms with E-state index in [0.29, 0.717) is 0 Å². The lowest BCUT2D eigenvalue weighted by Gasteiger charge is -2.14. The molecule has 110 valence electrons. The Morgan fingerprint density at radius 3 is 2.45 bits per heavy atom. The molecule has 2 rings (SSSR count). The van der Waals surface area contributed by atoms with Crippen molar-refractivity contribution in [3.8, 4) is 0 Å². The van der Waals surface area contributed by atoms with Crippen LogP contribution in [0.5, 0.6) is 0 Å². The van der Waals surface area contributed by atoms with Gasteiger partial charge in [0.25, 0.3) is 10.0 Å². The molecule has 0 aromatic carbocycles. The molecule has 0 fully saturated rings. The molecule has 0 aliphatic carbocycles. The summed E-state index contributed by atoms with van der Waals surface area (Å²) in [6.45, 7) is 3.65. The minimum Gasteiger partial charge on any atom is -0.273 e. The monoisotopic (exact) mass is 362 g/mol. The smallest absolute Gasteiger partial charge is 0.261 e. The number of rotatable bonds is 4. The van der Waals surface area contributed by atoms with Gasteiger partial charge in [0, 0.05) is 31.4 Å². The fourth-order valence-electron chi connectivity index (χ4n) is 1.90. The van der Waals surface area contributed by atoms with Gasteiger partial charge in [-0.1, -0.05) is 5.21 Å². The largest absolute Gasteiger partial charge is 0.273 e. The summed E-state index contributed by atoms with van der Waals surface area (Å²) in [4.78, 5) is 0. The molecule has 0 bridgehead atoms. The van der Waals surface area contributed by atoms with Crippen molar-refractivity contribution < 1.29 is 8.42 Å². The third kappa shape index (κ3) is 2.63. The van der Waals surface area contributed by atoms with Crippen LogP contribution in [0.25, 0.3) is 0 Å². The average molecular weight is 363 g/mol. The Morgan fingerprint density at radius 1 is 1.35 bits per heavy atom. The van der Waals surface area contributed by atoms with Crippen molar-refractivity contribution >= 4 is 26.0 Å². The molecule has 1 atom stereocenters. The summed E-state index contributed by atoms with van der Waals surface area (Å²) in [5.41, 5.74) is 1.73. The van der Waals surface area contributed by atoms with Crippen LogP contribution in [0.3, 0.4) is 0 Å². The molecule has 0 radical (unpaired) electrons. The lowest BCUT2D eigenvalue weighted by Crippen LogP contribution is -2.29. The molecule has 0 aliphatic rings. The van der Waals surface area contributed by atoms with E-state index in [4.69, 9.17) is 0 Å². The molecule has 8 nitrogen and oxygen atoms in total. The first-order chi connectivity index (χ1) is 9.24. The van der Waals surface area contributed by atoms with Crippen LogP contribution >= 0.6 is 15.9 Å². The molecule has 0 amide bonds. The number of hydrogen-bond acceptors (Lipinski definition) is 5. The summed E-state index contributed by atoms with van der Waals surface area (Å²) in [6.07, 6.45) is 1.65. The van der Waals surface area contributed by atoms with Crippen LogP contribution in [0, 0.1) is 6.92 Å². The predicted molar refractivity (Wildman–Crippen MR) is 75.4 cm³/mol. The van der Waals surface area contributed by atoms with Crippen LogP contribution in [-0.4, -0.2) is 33.2 Å². The van der Waals surface area contributed by atoms with E-state index in [9.17, 15) is 8.42 Å². The van der Waals surface area contributed by atoms with Crippen LogP contribution in [0.1, 0.15) is 24.2 Å². The maximum atomic E-state index is 12.4. The van der Waals surface area contributed by atoms with Gasteiger partial charge in [0.2, 0.25) is 5.03 Å². The molecule has 0 spiro atoms. The van der Waals surface area contributed by atoms with Gasteiger partial charge in [-0.2, -0.15) is 5.10 Å². The Kier molecular flexibility index (Phi) is 3.98. The second kappa shape index (κ2) is 5.26. The van der Waals surface area contributed by atoms with Crippen molar-refractivity contribution in [1.29, 1.82) is 0 Å². The Morgan fingerprint density at radius 2 is 2.00 bits per heavy atom. The normalized spacial score (nSPS) is 13.7. The van der Waals surface area contributed by atoms with Crippen molar-refractivity contribution in [1.82, 2.24) is 29.5 Å². The van der Waals surface area contributed by atoms with Gasteiger partial charge >= 0.3 is 0 Å². The average Bonchev–Trinajstić information content (AvgIpc) is 2.83. The molecule has 1 N–H and O–H groups in total. The Balaban J connectivity index is 2.32. The number of sulfonamides is 1. The third-order valence-electron chi connectivity index (χ3n) is 3.06. The minimum absolute atomic E-state index is 0.00843. The van der Waals surface area contributed by atoms with Crippen molar-refractivity contribution in [3.05, 3.63) is 22.1 Å². The van der Waals surface area contributed by atoms with E-state index < -0.39 is 16.1 Å². The number of hydrogen-bond donors (Lipinski definition) is 1. The van der Waals surface area contributed by atoms with E-state index in [1.54, 1.807) is 17.8 Å². The van der Waals surface area contributed by atoms with Crippen LogP contribution in [0.2, 0.25) is 0 Å². The first-order valence-corrected chi connectivity index (χ1v) is 8.07. The summed E-state index contributed by atoms with van der Waals surface area (Å²) in [5, 5.41) is 11.4. The quantitative estimate of drug-likeness (QED) is 0.861. The third-order valence-corrected chi connectivity index (χ3v) is 5.49. The van der Waals surface area contributed by atoms with Gasteiger partial charge in [0.1, 0.15) is 0 Å². The standard InChI is InChI=1S/C10H15BrN6O2S/c1-6(8-5-12-16(3)7(8)2)14-20(18,19)10-9(11)13-15-17(10)4/h5-6,14H,1-4H3. The van der Waals surface area contributed by atoms with Crippen LogP contribution in [0.4, 0.5) is 0 Å². The summed E-state index contributed by atoms with van der Waals surface area (Å²) in [7, 11) is -0.402. The highest BCUT2D eigenvalue weighted by Gasteiger charge is 2.27. The van der Waals surface area contributed by atoms with Gasteiger partial charge in [-0.15, -0.1) is 5.10 Å². The highest BCUT2D eigenvalue weighted by atomic mass is 79.9. The highest BCUT2D eigenvalue weighted by molar-refractivity contribution is 9.10. The number of aryl methyl sites for hydroxylation is 2. The fraction of sp³-hybridized carbons (Fsp3) is 0.500. The zero-order chi connectivity index (χ0) is 15.1. The highest BCUT2D eigenvalue weighted by Crippen LogP contribution is 2.22. The summed E-state index contributed by atoms with van der Waals surface area (Å²) >= 11 is 3.09. The van der Waals surface area contributed by atoms with E-state index in [1.165, 1.54) is 11.7 Å². The molecule has 0 saturated carbocycles. The first-order valence-electron chi connectivity index (χ1n) is 5.80. The number of nitrogens with zero attached hydrogens (tertiary/aromatic N) is 5. The maximum Gasteiger partial charge on any atom is 0.261 e. The molecule has 2 aromatic rings. The number of aromatic nitrogens is 5.